The molecule has 4 nitrogen and oxygen atoms in total. The highest BCUT2D eigenvalue weighted by Gasteiger charge is 2.32. The molecule has 3 N–H and O–H groups in total. The number of unbranched alkanes of at least 4 members (excludes halogenated alkanes) is 1. The number of alkyl halides is 3. The van der Waals surface area contributed by atoms with E-state index >= 15 is 0 Å². The van der Waals surface area contributed by atoms with Crippen molar-refractivity contribution in [1.82, 2.24) is 4.98 Å². The molecule has 1 heterocycles. The highest BCUT2D eigenvalue weighted by atomic mass is 19.4. The molecule has 0 fully saturated rings. The summed E-state index contributed by atoms with van der Waals surface area (Å²) in [5.74, 6) is 0. The smallest absolute Gasteiger partial charge is 0.396 e. The van der Waals surface area contributed by atoms with Crippen molar-refractivity contribution in [2.75, 3.05) is 24.2 Å². The maximum Gasteiger partial charge on any atom is 0.433 e. The van der Waals surface area contributed by atoms with E-state index in [1.54, 1.807) is 0 Å². The Bertz CT molecular complexity index is 422. The van der Waals surface area contributed by atoms with Gasteiger partial charge in [0, 0.05) is 13.2 Å². The Balaban J connectivity index is 2.43. The van der Waals surface area contributed by atoms with Gasteiger partial charge in [0.15, 0.2) is 0 Å². The second kappa shape index (κ2) is 7.33. The van der Waals surface area contributed by atoms with E-state index in [9.17, 15) is 13.2 Å². The molecule has 0 aliphatic carbocycles. The molecule has 0 spiro atoms. The minimum absolute atomic E-state index is 0.188. The van der Waals surface area contributed by atoms with E-state index in [1.807, 2.05) is 13.8 Å². The first kappa shape index (κ1) is 16.6. The van der Waals surface area contributed by atoms with Crippen LogP contribution in [0.2, 0.25) is 0 Å². The molecule has 20 heavy (non-hydrogen) atoms. The van der Waals surface area contributed by atoms with Gasteiger partial charge in [-0.3, -0.25) is 0 Å². The highest BCUT2D eigenvalue weighted by Crippen LogP contribution is 2.30. The van der Waals surface area contributed by atoms with E-state index in [0.717, 1.165) is 25.1 Å². The molecule has 0 saturated heterocycles. The number of ether oxygens (including phenoxy) is 1. The molecule has 1 rings (SSSR count). The summed E-state index contributed by atoms with van der Waals surface area (Å²) < 4.78 is 42.9. The SMILES string of the molecule is CC(C)OCCCCNc1cc(C(F)(F)F)ncc1N. The quantitative estimate of drug-likeness (QED) is 0.757. The summed E-state index contributed by atoms with van der Waals surface area (Å²) in [4.78, 5) is 3.28. The van der Waals surface area contributed by atoms with Crippen molar-refractivity contribution < 1.29 is 17.9 Å². The molecule has 7 heteroatoms. The van der Waals surface area contributed by atoms with Gasteiger partial charge >= 0.3 is 6.18 Å². The normalized spacial score (nSPS) is 11.9. The predicted octanol–water partition coefficient (Wildman–Crippen LogP) is 3.30. The Labute approximate surface area is 116 Å². The van der Waals surface area contributed by atoms with Gasteiger partial charge in [-0.15, -0.1) is 0 Å². The van der Waals surface area contributed by atoms with E-state index < -0.39 is 11.9 Å². The molecule has 0 radical (unpaired) electrons. The van der Waals surface area contributed by atoms with E-state index in [4.69, 9.17) is 10.5 Å². The molecule has 0 unspecified atom stereocenters. The van der Waals surface area contributed by atoms with Crippen molar-refractivity contribution in [1.29, 1.82) is 0 Å². The number of pyridine rings is 1. The molecule has 0 bridgehead atoms. The summed E-state index contributed by atoms with van der Waals surface area (Å²) in [6.45, 7) is 5.08. The van der Waals surface area contributed by atoms with Crippen molar-refractivity contribution in [3.8, 4) is 0 Å². The largest absolute Gasteiger partial charge is 0.433 e. The topological polar surface area (TPSA) is 60.2 Å². The van der Waals surface area contributed by atoms with Crippen LogP contribution in [0.25, 0.3) is 0 Å². The van der Waals surface area contributed by atoms with Crippen LogP contribution in [-0.4, -0.2) is 24.2 Å². The zero-order chi connectivity index (χ0) is 15.2. The van der Waals surface area contributed by atoms with Crippen LogP contribution in [0.3, 0.4) is 0 Å². The minimum atomic E-state index is -4.46. The second-order valence-electron chi connectivity index (χ2n) is 4.71. The molecule has 0 saturated carbocycles. The fourth-order valence-corrected chi connectivity index (χ4v) is 1.54. The van der Waals surface area contributed by atoms with Gasteiger partial charge in [0.1, 0.15) is 5.69 Å². The third kappa shape index (κ3) is 5.64. The van der Waals surface area contributed by atoms with Gasteiger partial charge in [0.25, 0.3) is 0 Å². The van der Waals surface area contributed by atoms with Gasteiger partial charge in [-0.1, -0.05) is 0 Å². The number of anilines is 2. The zero-order valence-corrected chi connectivity index (χ0v) is 11.6. The molecule has 114 valence electrons. The summed E-state index contributed by atoms with van der Waals surface area (Å²) in [6.07, 6.45) is -1.63. The van der Waals surface area contributed by atoms with Crippen LogP contribution in [0, 0.1) is 0 Å². The van der Waals surface area contributed by atoms with E-state index in [1.165, 1.54) is 0 Å². The standard InChI is InChI=1S/C13H20F3N3O/c1-9(2)20-6-4-3-5-18-11-7-12(13(14,15)16)19-8-10(11)17/h7-9H,3-6,17H2,1-2H3,(H,18,19). The van der Waals surface area contributed by atoms with Crippen LogP contribution in [0.15, 0.2) is 12.3 Å². The van der Waals surface area contributed by atoms with Gasteiger partial charge < -0.3 is 15.8 Å². The number of rotatable bonds is 7. The molecule has 0 aromatic carbocycles. The molecular weight excluding hydrogens is 271 g/mol. The van der Waals surface area contributed by atoms with Crippen molar-refractivity contribution in [2.45, 2.75) is 39.0 Å². The Kier molecular flexibility index (Phi) is 6.06. The lowest BCUT2D eigenvalue weighted by atomic mass is 10.2. The van der Waals surface area contributed by atoms with E-state index in [2.05, 4.69) is 10.3 Å². The summed E-state index contributed by atoms with van der Waals surface area (Å²) in [6, 6.07) is 0.931. The van der Waals surface area contributed by atoms with Gasteiger partial charge in [-0.25, -0.2) is 4.98 Å². The first-order chi connectivity index (χ1) is 9.30. The first-order valence-electron chi connectivity index (χ1n) is 6.49. The third-order valence-corrected chi connectivity index (χ3v) is 2.56. The molecular formula is C13H20F3N3O. The number of nitrogen functional groups attached to an aromatic ring is 1. The van der Waals surface area contributed by atoms with Crippen LogP contribution in [0.1, 0.15) is 32.4 Å². The summed E-state index contributed by atoms with van der Waals surface area (Å²) in [5.41, 5.74) is 5.12. The third-order valence-electron chi connectivity index (χ3n) is 2.56. The second-order valence-corrected chi connectivity index (χ2v) is 4.71. The van der Waals surface area contributed by atoms with Crippen molar-refractivity contribution >= 4 is 11.4 Å². The lowest BCUT2D eigenvalue weighted by Crippen LogP contribution is -2.12. The van der Waals surface area contributed by atoms with Crippen molar-refractivity contribution in [3.63, 3.8) is 0 Å². The predicted molar refractivity (Wildman–Crippen MR) is 72.5 cm³/mol. The molecule has 0 aliphatic heterocycles. The van der Waals surface area contributed by atoms with Gasteiger partial charge in [-0.2, -0.15) is 13.2 Å². The van der Waals surface area contributed by atoms with Gasteiger partial charge in [0.2, 0.25) is 0 Å². The fraction of sp³-hybridized carbons (Fsp3) is 0.615. The molecule has 0 aliphatic rings. The van der Waals surface area contributed by atoms with Crippen LogP contribution < -0.4 is 11.1 Å². The van der Waals surface area contributed by atoms with Crippen LogP contribution in [-0.2, 0) is 10.9 Å². The number of halogens is 3. The Morgan fingerprint density at radius 1 is 1.35 bits per heavy atom. The summed E-state index contributed by atoms with van der Waals surface area (Å²) in [7, 11) is 0. The first-order valence-corrected chi connectivity index (χ1v) is 6.49. The summed E-state index contributed by atoms with van der Waals surface area (Å²) >= 11 is 0. The number of hydrogen-bond donors (Lipinski definition) is 2. The van der Waals surface area contributed by atoms with Crippen LogP contribution >= 0.6 is 0 Å². The van der Waals surface area contributed by atoms with E-state index in [0.29, 0.717) is 13.2 Å². The fourth-order valence-electron chi connectivity index (χ4n) is 1.54. The lowest BCUT2D eigenvalue weighted by molar-refractivity contribution is -0.141. The van der Waals surface area contributed by atoms with Crippen LogP contribution in [0.4, 0.5) is 24.5 Å². The monoisotopic (exact) mass is 291 g/mol. The maximum atomic E-state index is 12.5. The number of aromatic nitrogens is 1. The van der Waals surface area contributed by atoms with Crippen molar-refractivity contribution in [2.24, 2.45) is 0 Å². The Morgan fingerprint density at radius 2 is 2.05 bits per heavy atom. The average molecular weight is 291 g/mol. The van der Waals surface area contributed by atoms with Crippen LogP contribution in [0.5, 0.6) is 0 Å². The minimum Gasteiger partial charge on any atom is -0.396 e. The Hall–Kier alpha value is -1.50. The maximum absolute atomic E-state index is 12.5. The van der Waals surface area contributed by atoms with E-state index in [-0.39, 0.29) is 17.5 Å². The number of hydrogen-bond acceptors (Lipinski definition) is 4. The molecule has 1 aromatic heterocycles. The highest BCUT2D eigenvalue weighted by molar-refractivity contribution is 5.65. The Morgan fingerprint density at radius 3 is 2.65 bits per heavy atom. The molecule has 0 atom stereocenters. The summed E-state index contributed by atoms with van der Waals surface area (Å²) in [5, 5.41) is 2.89. The van der Waals surface area contributed by atoms with Gasteiger partial charge in [0.05, 0.1) is 23.7 Å². The number of nitrogens with two attached hydrogens (primary N) is 1. The van der Waals surface area contributed by atoms with Gasteiger partial charge in [-0.05, 0) is 32.8 Å². The lowest BCUT2D eigenvalue weighted by Gasteiger charge is -2.12. The average Bonchev–Trinajstić information content (AvgIpc) is 2.33. The molecule has 1 aromatic rings. The number of nitrogens with one attached hydrogen (secondary N) is 1. The van der Waals surface area contributed by atoms with Crippen molar-refractivity contribution in [3.05, 3.63) is 18.0 Å². The molecule has 0 amide bonds. The zero-order valence-electron chi connectivity index (χ0n) is 11.6. The number of nitrogens with zero attached hydrogens (tertiary/aromatic N) is 1.